The fourth-order valence-corrected chi connectivity index (χ4v) is 5.88. The Balaban J connectivity index is 1.30. The monoisotopic (exact) mass is 488 g/mol. The minimum absolute atomic E-state index is 0.110. The second-order valence-corrected chi connectivity index (χ2v) is 9.83. The van der Waals surface area contributed by atoms with Crippen molar-refractivity contribution in [3.05, 3.63) is 41.6 Å². The second-order valence-electron chi connectivity index (χ2n) is 9.83. The summed E-state index contributed by atoms with van der Waals surface area (Å²) < 4.78 is 40.1. The molecule has 1 saturated heterocycles. The zero-order valence-electron chi connectivity index (χ0n) is 18.9. The van der Waals surface area contributed by atoms with E-state index in [4.69, 9.17) is 5.73 Å². The maximum absolute atomic E-state index is 12.8. The summed E-state index contributed by atoms with van der Waals surface area (Å²) in [5.74, 6) is 0.691. The number of carbonyl (C=O) groups is 1. The van der Waals surface area contributed by atoms with Gasteiger partial charge in [0, 0.05) is 37.6 Å². The van der Waals surface area contributed by atoms with Crippen molar-refractivity contribution >= 4 is 17.4 Å². The van der Waals surface area contributed by atoms with Gasteiger partial charge in [0.15, 0.2) is 5.82 Å². The molecule has 2 saturated carbocycles. The van der Waals surface area contributed by atoms with Crippen LogP contribution in [0.4, 0.5) is 24.7 Å². The molecule has 35 heavy (non-hydrogen) atoms. The van der Waals surface area contributed by atoms with E-state index in [0.29, 0.717) is 42.3 Å². The van der Waals surface area contributed by atoms with Crippen LogP contribution in [0.3, 0.4) is 0 Å². The first-order chi connectivity index (χ1) is 16.7. The minimum atomic E-state index is -4.44. The van der Waals surface area contributed by atoms with Crippen LogP contribution in [-0.4, -0.2) is 51.4 Å². The highest BCUT2D eigenvalue weighted by molar-refractivity contribution is 5.98. The van der Waals surface area contributed by atoms with E-state index in [1.54, 1.807) is 4.68 Å². The lowest BCUT2D eigenvalue weighted by Gasteiger charge is -2.38. The van der Waals surface area contributed by atoms with E-state index < -0.39 is 17.6 Å². The highest BCUT2D eigenvalue weighted by atomic mass is 19.4. The van der Waals surface area contributed by atoms with Crippen LogP contribution < -0.4 is 11.1 Å². The van der Waals surface area contributed by atoms with Crippen molar-refractivity contribution in [1.82, 2.24) is 14.7 Å². The van der Waals surface area contributed by atoms with Gasteiger partial charge < -0.3 is 16.2 Å². The van der Waals surface area contributed by atoms with Gasteiger partial charge in [0.25, 0.3) is 5.91 Å². The zero-order valence-corrected chi connectivity index (χ0v) is 18.9. The number of halogens is 3. The normalized spacial score (nSPS) is 30.5. The molecule has 2 heterocycles. The Hall–Kier alpha value is -3.10. The predicted molar refractivity (Wildman–Crippen MR) is 120 cm³/mol. The molecule has 0 bridgehead atoms. The van der Waals surface area contributed by atoms with Gasteiger partial charge >= 0.3 is 6.18 Å². The molecule has 11 heteroatoms. The molecule has 2 aliphatic carbocycles. The summed E-state index contributed by atoms with van der Waals surface area (Å²) in [5, 5.41) is 26.6. The summed E-state index contributed by atoms with van der Waals surface area (Å²) in [7, 11) is 0. The van der Waals surface area contributed by atoms with Gasteiger partial charge in [0.1, 0.15) is 5.56 Å². The maximum atomic E-state index is 12.8. The van der Waals surface area contributed by atoms with E-state index in [1.807, 2.05) is 0 Å². The first-order valence-electron chi connectivity index (χ1n) is 11.8. The van der Waals surface area contributed by atoms with Crippen LogP contribution in [0, 0.1) is 35.0 Å². The van der Waals surface area contributed by atoms with Crippen molar-refractivity contribution in [3.8, 4) is 6.07 Å². The van der Waals surface area contributed by atoms with E-state index in [9.17, 15) is 28.3 Å². The Bertz CT molecular complexity index is 1130. The van der Waals surface area contributed by atoms with E-state index in [1.165, 1.54) is 18.3 Å². The number of nitrogens with one attached hydrogen (secondary N) is 1. The number of fused-ring (bicyclic) bond motifs is 1. The summed E-state index contributed by atoms with van der Waals surface area (Å²) in [5.41, 5.74) is 5.20. The summed E-state index contributed by atoms with van der Waals surface area (Å²) in [4.78, 5) is 14.5. The number of rotatable bonds is 6. The Kier molecular flexibility index (Phi) is 5.97. The largest absolute Gasteiger partial charge is 0.416 e. The molecule has 0 spiro atoms. The van der Waals surface area contributed by atoms with Crippen molar-refractivity contribution in [1.29, 1.82) is 5.26 Å². The van der Waals surface area contributed by atoms with Crippen molar-refractivity contribution < 1.29 is 23.1 Å². The molecule has 6 atom stereocenters. The third kappa shape index (κ3) is 4.48. The number of aromatic nitrogens is 2. The van der Waals surface area contributed by atoms with Gasteiger partial charge in [-0.2, -0.15) is 23.5 Å². The van der Waals surface area contributed by atoms with Gasteiger partial charge in [-0.15, -0.1) is 0 Å². The summed E-state index contributed by atoms with van der Waals surface area (Å²) in [6.07, 6.45) is -0.643. The number of benzene rings is 1. The molecule has 3 fully saturated rings. The van der Waals surface area contributed by atoms with Crippen molar-refractivity contribution in [3.63, 3.8) is 0 Å². The number of likely N-dealkylation sites (tertiary alicyclic amines) is 1. The maximum Gasteiger partial charge on any atom is 0.416 e. The van der Waals surface area contributed by atoms with Gasteiger partial charge in [0.2, 0.25) is 0 Å². The smallest absolute Gasteiger partial charge is 0.396 e. The minimum Gasteiger partial charge on any atom is -0.396 e. The third-order valence-corrected chi connectivity index (χ3v) is 7.89. The molecule has 3 aliphatic rings. The number of nitrogens with zero attached hydrogens (tertiary/aromatic N) is 4. The number of nitriles is 1. The fourth-order valence-electron chi connectivity index (χ4n) is 5.88. The molecule has 1 aromatic carbocycles. The van der Waals surface area contributed by atoms with Gasteiger partial charge in [-0.25, -0.2) is 0 Å². The van der Waals surface area contributed by atoms with Gasteiger partial charge in [0.05, 0.1) is 23.6 Å². The molecule has 1 amide bonds. The molecule has 2 aromatic rings. The molecule has 1 aliphatic heterocycles. The highest BCUT2D eigenvalue weighted by Crippen LogP contribution is 2.53. The van der Waals surface area contributed by atoms with E-state index in [2.05, 4.69) is 21.4 Å². The Morgan fingerprint density at radius 1 is 1.23 bits per heavy atom. The quantitative estimate of drug-likeness (QED) is 0.575. The number of piperidine rings is 1. The van der Waals surface area contributed by atoms with Crippen molar-refractivity contribution in [2.75, 3.05) is 25.0 Å². The number of anilines is 2. The molecule has 0 radical (unpaired) electrons. The molecule has 186 valence electrons. The van der Waals surface area contributed by atoms with Crippen molar-refractivity contribution in [2.24, 2.45) is 29.4 Å². The van der Waals surface area contributed by atoms with Crippen LogP contribution >= 0.6 is 0 Å². The summed E-state index contributed by atoms with van der Waals surface area (Å²) >= 11 is 0. The number of aliphatic hydroxyl groups excluding tert-OH is 1. The predicted octanol–water partition coefficient (Wildman–Crippen LogP) is 3.15. The number of aliphatic hydroxyl groups is 1. The molecule has 5 rings (SSSR count). The van der Waals surface area contributed by atoms with Crippen LogP contribution in [0.5, 0.6) is 0 Å². The average molecular weight is 489 g/mol. The number of nitrogens with two attached hydrogens (primary N) is 1. The lowest BCUT2D eigenvalue weighted by atomic mass is 9.81. The first kappa shape index (κ1) is 23.6. The van der Waals surface area contributed by atoms with Crippen LogP contribution in [-0.2, 0) is 6.18 Å². The van der Waals surface area contributed by atoms with Crippen LogP contribution in [0.1, 0.15) is 41.2 Å². The number of primary amides is 1. The molecule has 2 unspecified atom stereocenters. The summed E-state index contributed by atoms with van der Waals surface area (Å²) in [6.45, 7) is 2.19. The average Bonchev–Trinajstić information content (AvgIpc) is 3.13. The van der Waals surface area contributed by atoms with Crippen LogP contribution in [0.2, 0.25) is 0 Å². The molecule has 1 aromatic heterocycles. The summed E-state index contributed by atoms with van der Waals surface area (Å²) in [6, 6.07) is 6.89. The Labute approximate surface area is 200 Å². The van der Waals surface area contributed by atoms with E-state index in [0.717, 1.165) is 31.6 Å². The molecule has 8 nitrogen and oxygen atoms in total. The standard InChI is InChI=1S/C24H27F3N6O2/c25-24(26,27)14-1-3-15(4-2-14)30-23-19(22(29)35)11-33(31-23)21-6-5-16(7-13(21)8-28)32-9-17-18(10-32)20(17)12-34/h1-4,11,13,16-18,20-21,34H,5-7,9-10,12H2,(H2,29,35)(H,30,31)/t13-,16-,17+,18?,20?,21+/m1/s1. The topological polar surface area (TPSA) is 120 Å². The zero-order chi connectivity index (χ0) is 24.9. The van der Waals surface area contributed by atoms with Crippen LogP contribution in [0.15, 0.2) is 30.5 Å². The van der Waals surface area contributed by atoms with Crippen molar-refractivity contribution in [2.45, 2.75) is 37.5 Å². The number of carbonyl (C=O) groups excluding carboxylic acids is 1. The van der Waals surface area contributed by atoms with Gasteiger partial charge in [-0.3, -0.25) is 14.4 Å². The Morgan fingerprint density at radius 3 is 2.49 bits per heavy atom. The number of alkyl halides is 3. The molecular weight excluding hydrogens is 461 g/mol. The highest BCUT2D eigenvalue weighted by Gasteiger charge is 2.56. The van der Waals surface area contributed by atoms with Gasteiger partial charge in [-0.1, -0.05) is 0 Å². The van der Waals surface area contributed by atoms with E-state index in [-0.39, 0.29) is 29.9 Å². The van der Waals surface area contributed by atoms with Gasteiger partial charge in [-0.05, 0) is 61.3 Å². The number of hydrogen-bond acceptors (Lipinski definition) is 6. The lowest BCUT2D eigenvalue weighted by Crippen LogP contribution is -2.42. The molecule has 4 N–H and O–H groups in total. The van der Waals surface area contributed by atoms with E-state index >= 15 is 0 Å². The number of amides is 1. The Morgan fingerprint density at radius 2 is 1.91 bits per heavy atom. The van der Waals surface area contributed by atoms with Crippen LogP contribution in [0.25, 0.3) is 0 Å². The molecular formula is C24H27F3N6O2. The first-order valence-corrected chi connectivity index (χ1v) is 11.8. The fraction of sp³-hybridized carbons (Fsp3) is 0.542. The second kappa shape index (κ2) is 8.84. The lowest BCUT2D eigenvalue weighted by molar-refractivity contribution is -0.137. The third-order valence-electron chi connectivity index (χ3n) is 7.89. The SMILES string of the molecule is N#C[C@H]1C[C@H](N2CC3C(CO)[C@H]3C2)CC[C@@H]1n1cc(C(N)=O)c(Nc2ccc(C(F)(F)F)cc2)n1. The number of hydrogen-bond donors (Lipinski definition) is 3.